The van der Waals surface area contributed by atoms with E-state index in [-0.39, 0.29) is 25.8 Å². The van der Waals surface area contributed by atoms with Crippen LogP contribution in [0.1, 0.15) is 53.1 Å². The van der Waals surface area contributed by atoms with Crippen LogP contribution in [0.2, 0.25) is 0 Å². The molecule has 0 aliphatic heterocycles. The van der Waals surface area contributed by atoms with Crippen LogP contribution in [0.15, 0.2) is 140 Å². The molecule has 0 aliphatic rings. The molecule has 0 fully saturated rings. The number of nitrogens with one attached hydrogen (secondary N) is 1. The monoisotopic (exact) mass is 840 g/mol. The van der Waals surface area contributed by atoms with Crippen LogP contribution in [0.5, 0.6) is 11.5 Å². The summed E-state index contributed by atoms with van der Waals surface area (Å²) < 4.78 is 2.16. The molecule has 0 saturated carbocycles. The molecule has 51 heavy (non-hydrogen) atoms. The van der Waals surface area contributed by atoms with Gasteiger partial charge in [0.2, 0.25) is 0 Å². The van der Waals surface area contributed by atoms with E-state index in [1.807, 2.05) is 91.0 Å². The van der Waals surface area contributed by atoms with Gasteiger partial charge in [0, 0.05) is 36.6 Å². The smallest absolute Gasteiger partial charge is 0.142 e. The van der Waals surface area contributed by atoms with Crippen molar-refractivity contribution in [3.8, 4) is 17.2 Å². The van der Waals surface area contributed by atoms with Gasteiger partial charge in [0.25, 0.3) is 0 Å². The zero-order valence-electron chi connectivity index (χ0n) is 29.9. The average Bonchev–Trinajstić information content (AvgIpc) is 3.45. The van der Waals surface area contributed by atoms with Gasteiger partial charge >= 0.3 is 0 Å². The molecular formula is C46H48HfN2O2-2. The molecule has 0 amide bonds. The van der Waals surface area contributed by atoms with Crippen molar-refractivity contribution in [2.75, 3.05) is 13.1 Å². The predicted molar refractivity (Wildman–Crippen MR) is 211 cm³/mol. The number of phenols is 2. The number of hydrogen-bond donors (Lipinski definition) is 3. The molecule has 0 saturated heterocycles. The number of fused-ring (bicyclic) bond motifs is 3. The van der Waals surface area contributed by atoms with Crippen LogP contribution in [0, 0.1) is 20.8 Å². The third kappa shape index (κ3) is 10.2. The van der Waals surface area contributed by atoms with Crippen molar-refractivity contribution in [2.24, 2.45) is 0 Å². The zero-order valence-corrected chi connectivity index (χ0v) is 33.5. The minimum absolute atomic E-state index is 0. The fourth-order valence-electron chi connectivity index (χ4n) is 6.18. The quantitative estimate of drug-likeness (QED) is 0.0812. The summed E-state index contributed by atoms with van der Waals surface area (Å²) >= 11 is 0. The van der Waals surface area contributed by atoms with E-state index in [4.69, 9.17) is 0 Å². The number of aromatic hydroxyl groups is 2. The first kappa shape index (κ1) is 39.1. The van der Waals surface area contributed by atoms with Crippen LogP contribution in [0.4, 0.5) is 0 Å². The Morgan fingerprint density at radius 3 is 1.57 bits per heavy atom. The number of hydrogen-bond acceptors (Lipinski definition) is 3. The maximum absolute atomic E-state index is 11.3. The van der Waals surface area contributed by atoms with Gasteiger partial charge in [-0.2, -0.15) is 49.2 Å². The van der Waals surface area contributed by atoms with Gasteiger partial charge in [-0.3, -0.25) is 0 Å². The van der Waals surface area contributed by atoms with Crippen molar-refractivity contribution in [3.63, 3.8) is 0 Å². The molecule has 0 atom stereocenters. The van der Waals surface area contributed by atoms with Gasteiger partial charge in [-0.05, 0) is 73.7 Å². The molecule has 6 aromatic carbocycles. The standard InChI is InChI=1S/C32H34N2O2.2C7H7.Hf/c1-21(2)27-20-22(3)19-24(31(27)35)16-18-33-17-15-23-9-8-14-30(32(23)36)34-28-12-6-4-10-25(28)26-11-5-7-13-29(26)34;2*1-7-5-3-2-4-6-7;/h4-14,19-21,33,35-36H,15-18H2,1-3H3;2*2-6H,1H2;/q;2*-1;. The van der Waals surface area contributed by atoms with Crippen LogP contribution in [0.25, 0.3) is 27.5 Å². The molecule has 0 spiro atoms. The molecule has 4 nitrogen and oxygen atoms in total. The third-order valence-electron chi connectivity index (χ3n) is 8.73. The molecule has 7 aromatic rings. The van der Waals surface area contributed by atoms with Crippen LogP contribution in [0.3, 0.4) is 0 Å². The van der Waals surface area contributed by atoms with E-state index in [1.54, 1.807) is 0 Å². The second kappa shape index (κ2) is 19.1. The van der Waals surface area contributed by atoms with Crippen LogP contribution in [-0.4, -0.2) is 27.9 Å². The largest absolute Gasteiger partial charge is 0.507 e. The molecule has 260 valence electrons. The van der Waals surface area contributed by atoms with Crippen LogP contribution < -0.4 is 5.32 Å². The summed E-state index contributed by atoms with van der Waals surface area (Å²) in [5.74, 6) is 1.04. The van der Waals surface area contributed by atoms with Crippen molar-refractivity contribution < 1.29 is 36.1 Å². The summed E-state index contributed by atoms with van der Waals surface area (Å²) in [6, 6.07) is 46.6. The fraction of sp³-hybridized carbons (Fsp3) is 0.174. The number of aryl methyl sites for hydroxylation is 1. The van der Waals surface area contributed by atoms with Crippen molar-refractivity contribution in [2.45, 2.75) is 39.5 Å². The minimum atomic E-state index is 0. The Kier molecular flexibility index (Phi) is 14.6. The normalized spacial score (nSPS) is 10.6. The van der Waals surface area contributed by atoms with Gasteiger partial charge in [0.1, 0.15) is 11.5 Å². The summed E-state index contributed by atoms with van der Waals surface area (Å²) in [5.41, 5.74) is 9.21. The molecule has 5 heteroatoms. The van der Waals surface area contributed by atoms with Gasteiger partial charge in [0.15, 0.2) is 0 Å². The SMILES string of the molecule is Cc1cc(CCNCCc2cccc(-n3c4ccccc4c4ccccc43)c2O)c(O)c(C(C)C)c1.[CH2-]c1ccccc1.[CH2-]c1ccccc1.[Hf]. The van der Waals surface area contributed by atoms with Crippen molar-refractivity contribution in [3.05, 3.63) is 187 Å². The van der Waals surface area contributed by atoms with E-state index in [1.165, 1.54) is 16.3 Å². The summed E-state index contributed by atoms with van der Waals surface area (Å²) in [6.07, 6.45) is 1.48. The van der Waals surface area contributed by atoms with E-state index in [9.17, 15) is 10.2 Å². The molecule has 0 aliphatic carbocycles. The predicted octanol–water partition coefficient (Wildman–Crippen LogP) is 10.7. The van der Waals surface area contributed by atoms with E-state index in [0.717, 1.165) is 64.0 Å². The minimum Gasteiger partial charge on any atom is -0.507 e. The number of para-hydroxylation sites is 3. The topological polar surface area (TPSA) is 57.4 Å². The van der Waals surface area contributed by atoms with Gasteiger partial charge < -0.3 is 20.1 Å². The molecular weight excluding hydrogens is 791 g/mol. The molecule has 1 aromatic heterocycles. The van der Waals surface area contributed by atoms with E-state index in [2.05, 4.69) is 93.0 Å². The Morgan fingerprint density at radius 2 is 1.08 bits per heavy atom. The number of aromatic nitrogens is 1. The molecule has 7 rings (SSSR count). The number of benzene rings is 6. The Bertz CT molecular complexity index is 2030. The van der Waals surface area contributed by atoms with Gasteiger partial charge in [-0.1, -0.05) is 92.2 Å². The maximum atomic E-state index is 11.3. The van der Waals surface area contributed by atoms with Gasteiger partial charge in [0.05, 0.1) is 16.7 Å². The first-order valence-corrected chi connectivity index (χ1v) is 17.3. The van der Waals surface area contributed by atoms with Gasteiger partial charge in [-0.25, -0.2) is 0 Å². The first-order chi connectivity index (χ1) is 24.2. The van der Waals surface area contributed by atoms with Gasteiger partial charge in [-0.15, -0.1) is 24.3 Å². The molecule has 3 N–H and O–H groups in total. The molecule has 0 bridgehead atoms. The van der Waals surface area contributed by atoms with Crippen LogP contribution in [-0.2, 0) is 38.7 Å². The Morgan fingerprint density at radius 1 is 0.588 bits per heavy atom. The third-order valence-corrected chi connectivity index (χ3v) is 8.73. The van der Waals surface area contributed by atoms with Crippen molar-refractivity contribution >= 4 is 21.8 Å². The van der Waals surface area contributed by atoms with E-state index in [0.29, 0.717) is 23.8 Å². The number of phenolic OH excluding ortho intramolecular Hbond substituents is 2. The number of rotatable bonds is 8. The fourth-order valence-corrected chi connectivity index (χ4v) is 6.18. The second-order valence-corrected chi connectivity index (χ2v) is 12.9. The van der Waals surface area contributed by atoms with Crippen molar-refractivity contribution in [1.29, 1.82) is 0 Å². The second-order valence-electron chi connectivity index (χ2n) is 12.9. The summed E-state index contributed by atoms with van der Waals surface area (Å²) in [7, 11) is 0. The Balaban J connectivity index is 0.000000322. The Hall–Kier alpha value is -4.71. The molecule has 0 unspecified atom stereocenters. The van der Waals surface area contributed by atoms with E-state index >= 15 is 0 Å². The summed E-state index contributed by atoms with van der Waals surface area (Å²) in [6.45, 7) is 15.2. The summed E-state index contributed by atoms with van der Waals surface area (Å²) in [5, 5.41) is 27.8. The van der Waals surface area contributed by atoms with Crippen LogP contribution >= 0.6 is 0 Å². The van der Waals surface area contributed by atoms with E-state index < -0.39 is 0 Å². The first-order valence-electron chi connectivity index (χ1n) is 17.3. The maximum Gasteiger partial charge on any atom is 0.142 e. The molecule has 1 heterocycles. The average molecular weight is 839 g/mol. The summed E-state index contributed by atoms with van der Waals surface area (Å²) in [4.78, 5) is 0. The number of nitrogens with zero attached hydrogens (tertiary/aromatic N) is 1. The van der Waals surface area contributed by atoms with Crippen molar-refractivity contribution in [1.82, 2.24) is 9.88 Å². The molecule has 0 radical (unpaired) electrons. The zero-order chi connectivity index (χ0) is 35.5. The Labute approximate surface area is 322 Å².